The zero-order valence-corrected chi connectivity index (χ0v) is 11.9. The maximum atomic E-state index is 12.4. The average Bonchev–Trinajstić information content (AvgIpc) is 2.86. The molecule has 1 heterocycles. The van der Waals surface area contributed by atoms with Crippen LogP contribution in [-0.4, -0.2) is 18.4 Å². The van der Waals surface area contributed by atoms with Gasteiger partial charge >= 0.3 is 5.69 Å². The molecular weight excluding hydrogens is 304 g/mol. The standard InChI is InChI=1S/C14H10N4O3S/c15-8-9-3-1-2-4-13(9)22(20,21)18-10-5-6-11-12(7-10)17-14(19)16-11/h1-7,18H,(H2,16,17,19). The molecule has 7 nitrogen and oxygen atoms in total. The van der Waals surface area contributed by atoms with E-state index in [2.05, 4.69) is 14.7 Å². The van der Waals surface area contributed by atoms with E-state index in [1.807, 2.05) is 6.07 Å². The van der Waals surface area contributed by atoms with Gasteiger partial charge in [0.15, 0.2) is 0 Å². The number of nitrogens with one attached hydrogen (secondary N) is 3. The summed E-state index contributed by atoms with van der Waals surface area (Å²) in [4.78, 5) is 16.2. The zero-order chi connectivity index (χ0) is 15.7. The second-order valence-electron chi connectivity index (χ2n) is 4.55. The second-order valence-corrected chi connectivity index (χ2v) is 6.20. The van der Waals surface area contributed by atoms with Crippen molar-refractivity contribution < 1.29 is 8.42 Å². The number of imidazole rings is 1. The van der Waals surface area contributed by atoms with Gasteiger partial charge in [-0.05, 0) is 30.3 Å². The fourth-order valence-corrected chi connectivity index (χ4v) is 3.31. The van der Waals surface area contributed by atoms with E-state index in [4.69, 9.17) is 5.26 Å². The van der Waals surface area contributed by atoms with Crippen LogP contribution in [0.2, 0.25) is 0 Å². The third-order valence-corrected chi connectivity index (χ3v) is 4.50. The van der Waals surface area contributed by atoms with E-state index >= 15 is 0 Å². The molecule has 0 amide bonds. The Morgan fingerprint density at radius 2 is 1.77 bits per heavy atom. The number of aromatic amines is 2. The fraction of sp³-hybridized carbons (Fsp3) is 0. The number of aromatic nitrogens is 2. The Kier molecular flexibility index (Phi) is 3.19. The Bertz CT molecular complexity index is 1060. The molecule has 1 aromatic heterocycles. The Balaban J connectivity index is 2.02. The van der Waals surface area contributed by atoms with Gasteiger partial charge in [-0.3, -0.25) is 4.72 Å². The number of nitriles is 1. The van der Waals surface area contributed by atoms with Crippen molar-refractivity contribution >= 4 is 26.7 Å². The molecule has 0 spiro atoms. The minimum atomic E-state index is -3.89. The van der Waals surface area contributed by atoms with Crippen LogP contribution in [0.25, 0.3) is 11.0 Å². The van der Waals surface area contributed by atoms with Crippen molar-refractivity contribution in [1.82, 2.24) is 9.97 Å². The minimum absolute atomic E-state index is 0.0612. The van der Waals surface area contributed by atoms with Crippen molar-refractivity contribution in [1.29, 1.82) is 5.26 Å². The summed E-state index contributed by atoms with van der Waals surface area (Å²) in [6.45, 7) is 0. The monoisotopic (exact) mass is 314 g/mol. The number of sulfonamides is 1. The molecule has 22 heavy (non-hydrogen) atoms. The molecule has 0 fully saturated rings. The molecule has 0 aliphatic heterocycles. The number of nitrogens with zero attached hydrogens (tertiary/aromatic N) is 1. The van der Waals surface area contributed by atoms with E-state index < -0.39 is 10.0 Å². The third-order valence-electron chi connectivity index (χ3n) is 3.07. The van der Waals surface area contributed by atoms with Crippen LogP contribution in [0, 0.1) is 11.3 Å². The highest BCUT2D eigenvalue weighted by Crippen LogP contribution is 2.21. The largest absolute Gasteiger partial charge is 0.323 e. The maximum Gasteiger partial charge on any atom is 0.323 e. The van der Waals surface area contributed by atoms with E-state index in [1.165, 1.54) is 24.3 Å². The lowest BCUT2D eigenvalue weighted by Crippen LogP contribution is -2.14. The first-order valence-electron chi connectivity index (χ1n) is 6.23. The predicted molar refractivity (Wildman–Crippen MR) is 80.9 cm³/mol. The summed E-state index contributed by atoms with van der Waals surface area (Å²) in [6.07, 6.45) is 0. The Labute approximate surface area is 125 Å². The van der Waals surface area contributed by atoms with Gasteiger partial charge in [0.05, 0.1) is 22.3 Å². The van der Waals surface area contributed by atoms with Crippen molar-refractivity contribution in [2.75, 3.05) is 4.72 Å². The first kappa shape index (κ1) is 13.9. The van der Waals surface area contributed by atoms with Crippen molar-refractivity contribution in [3.8, 4) is 6.07 Å². The second kappa shape index (κ2) is 5.05. The van der Waals surface area contributed by atoms with Crippen molar-refractivity contribution in [2.24, 2.45) is 0 Å². The summed E-state index contributed by atoms with van der Waals surface area (Å²) >= 11 is 0. The molecule has 3 N–H and O–H groups in total. The van der Waals surface area contributed by atoms with E-state index in [-0.39, 0.29) is 21.8 Å². The molecule has 110 valence electrons. The van der Waals surface area contributed by atoms with E-state index in [1.54, 1.807) is 18.2 Å². The minimum Gasteiger partial charge on any atom is -0.306 e. The molecule has 0 bridgehead atoms. The van der Waals surface area contributed by atoms with Gasteiger partial charge in [0.1, 0.15) is 11.0 Å². The molecule has 3 aromatic rings. The van der Waals surface area contributed by atoms with Gasteiger partial charge in [-0.2, -0.15) is 5.26 Å². The van der Waals surface area contributed by atoms with Gasteiger partial charge in [-0.1, -0.05) is 12.1 Å². The van der Waals surface area contributed by atoms with Crippen LogP contribution in [0.3, 0.4) is 0 Å². The van der Waals surface area contributed by atoms with Gasteiger partial charge < -0.3 is 9.97 Å². The first-order chi connectivity index (χ1) is 10.5. The molecule has 0 aliphatic carbocycles. The summed E-state index contributed by atoms with van der Waals surface area (Å²) < 4.78 is 27.2. The number of fused-ring (bicyclic) bond motifs is 1. The molecule has 0 saturated carbocycles. The Hall–Kier alpha value is -3.05. The van der Waals surface area contributed by atoms with Crippen LogP contribution in [0.15, 0.2) is 52.2 Å². The van der Waals surface area contributed by atoms with Crippen LogP contribution in [-0.2, 0) is 10.0 Å². The van der Waals surface area contributed by atoms with E-state index in [0.29, 0.717) is 11.0 Å². The van der Waals surface area contributed by atoms with Crippen LogP contribution < -0.4 is 10.4 Å². The van der Waals surface area contributed by atoms with Crippen molar-refractivity contribution in [2.45, 2.75) is 4.90 Å². The molecule has 3 rings (SSSR count). The van der Waals surface area contributed by atoms with Gasteiger partial charge in [0, 0.05) is 0 Å². The summed E-state index contributed by atoms with van der Waals surface area (Å²) in [5.41, 5.74) is 1.04. The van der Waals surface area contributed by atoms with E-state index in [9.17, 15) is 13.2 Å². The Morgan fingerprint density at radius 1 is 1.05 bits per heavy atom. The molecule has 0 radical (unpaired) electrons. The Morgan fingerprint density at radius 3 is 2.55 bits per heavy atom. The number of H-pyrrole nitrogens is 2. The number of hydrogen-bond acceptors (Lipinski definition) is 4. The summed E-state index contributed by atoms with van der Waals surface area (Å²) in [7, 11) is -3.89. The summed E-state index contributed by atoms with van der Waals surface area (Å²) in [5, 5.41) is 9.01. The molecule has 0 aliphatic rings. The SMILES string of the molecule is N#Cc1ccccc1S(=O)(=O)Nc1ccc2[nH]c(=O)[nH]c2c1. The number of benzene rings is 2. The lowest BCUT2D eigenvalue weighted by Gasteiger charge is -2.09. The number of rotatable bonds is 3. The predicted octanol–water partition coefficient (Wildman–Crippen LogP) is 1.53. The van der Waals surface area contributed by atoms with Crippen LogP contribution in [0.1, 0.15) is 5.56 Å². The number of anilines is 1. The summed E-state index contributed by atoms with van der Waals surface area (Å²) in [6, 6.07) is 12.4. The molecule has 0 atom stereocenters. The number of hydrogen-bond donors (Lipinski definition) is 3. The van der Waals surface area contributed by atoms with Crippen LogP contribution in [0.4, 0.5) is 5.69 Å². The normalized spacial score (nSPS) is 11.2. The third kappa shape index (κ3) is 2.45. The van der Waals surface area contributed by atoms with Crippen molar-refractivity contribution in [3.63, 3.8) is 0 Å². The molecule has 0 saturated heterocycles. The highest BCUT2D eigenvalue weighted by Gasteiger charge is 2.18. The van der Waals surface area contributed by atoms with Gasteiger partial charge in [0.2, 0.25) is 0 Å². The van der Waals surface area contributed by atoms with Gasteiger partial charge in [0.25, 0.3) is 10.0 Å². The highest BCUT2D eigenvalue weighted by molar-refractivity contribution is 7.92. The lowest BCUT2D eigenvalue weighted by atomic mass is 10.2. The molecule has 0 unspecified atom stereocenters. The smallest absolute Gasteiger partial charge is 0.306 e. The maximum absolute atomic E-state index is 12.4. The quantitative estimate of drug-likeness (QED) is 0.679. The zero-order valence-electron chi connectivity index (χ0n) is 11.1. The molecule has 2 aromatic carbocycles. The van der Waals surface area contributed by atoms with Crippen molar-refractivity contribution in [3.05, 3.63) is 58.5 Å². The lowest BCUT2D eigenvalue weighted by molar-refractivity contribution is 0.601. The van der Waals surface area contributed by atoms with E-state index in [0.717, 1.165) is 0 Å². The molecule has 8 heteroatoms. The van der Waals surface area contributed by atoms with Crippen LogP contribution >= 0.6 is 0 Å². The highest BCUT2D eigenvalue weighted by atomic mass is 32.2. The fourth-order valence-electron chi connectivity index (χ4n) is 2.10. The topological polar surface area (TPSA) is 119 Å². The molecular formula is C14H10N4O3S. The van der Waals surface area contributed by atoms with Gasteiger partial charge in [-0.25, -0.2) is 13.2 Å². The first-order valence-corrected chi connectivity index (χ1v) is 7.72. The summed E-state index contributed by atoms with van der Waals surface area (Å²) in [5.74, 6) is 0. The van der Waals surface area contributed by atoms with Gasteiger partial charge in [-0.15, -0.1) is 0 Å². The average molecular weight is 314 g/mol. The van der Waals surface area contributed by atoms with Crippen LogP contribution in [0.5, 0.6) is 0 Å².